The fraction of sp³-hybridized carbons (Fsp3) is 0.273. The molecule has 0 saturated heterocycles. The Balaban J connectivity index is 2.36. The van der Waals surface area contributed by atoms with E-state index in [4.69, 9.17) is 9.63 Å². The van der Waals surface area contributed by atoms with Gasteiger partial charge in [-0.1, -0.05) is 17.3 Å². The summed E-state index contributed by atoms with van der Waals surface area (Å²) in [5, 5.41) is 13.2. The molecule has 5 heteroatoms. The summed E-state index contributed by atoms with van der Waals surface area (Å²) in [6.07, 6.45) is 0. The first kappa shape index (κ1) is 10.6. The van der Waals surface area contributed by atoms with Crippen LogP contribution >= 0.6 is 0 Å². The van der Waals surface area contributed by atoms with Gasteiger partial charge in [-0.2, -0.15) is 0 Å². The van der Waals surface area contributed by atoms with Crippen LogP contribution in [0.1, 0.15) is 10.5 Å². The Morgan fingerprint density at radius 2 is 2.25 bits per heavy atom. The predicted octanol–water partition coefficient (Wildman–Crippen LogP) is 0.892. The van der Waals surface area contributed by atoms with E-state index >= 15 is 0 Å². The van der Waals surface area contributed by atoms with Crippen LogP contribution in [0.2, 0.25) is 0 Å². The number of carbonyl (C=O) groups is 1. The number of nitrogens with zero attached hydrogens (tertiary/aromatic N) is 2. The number of rotatable bonds is 3. The summed E-state index contributed by atoms with van der Waals surface area (Å²) in [4.78, 5) is 13.3. The van der Waals surface area contributed by atoms with E-state index in [0.29, 0.717) is 11.0 Å². The molecule has 2 aromatic rings. The molecule has 2 rings (SSSR count). The quantitative estimate of drug-likeness (QED) is 0.834. The number of carbonyl (C=O) groups excluding carboxylic acids is 1. The van der Waals surface area contributed by atoms with Gasteiger partial charge in [0.1, 0.15) is 0 Å². The van der Waals surface area contributed by atoms with Crippen molar-refractivity contribution in [2.75, 3.05) is 20.2 Å². The van der Waals surface area contributed by atoms with Crippen molar-refractivity contribution in [1.82, 2.24) is 10.1 Å². The molecule has 0 aliphatic carbocycles. The lowest BCUT2D eigenvalue weighted by molar-refractivity contribution is 0.0758. The molecule has 0 fully saturated rings. The first-order chi connectivity index (χ1) is 7.74. The Kier molecular flexibility index (Phi) is 2.87. The van der Waals surface area contributed by atoms with E-state index in [2.05, 4.69) is 5.16 Å². The number of fused-ring (bicyclic) bond motifs is 1. The fourth-order valence-electron chi connectivity index (χ4n) is 1.47. The molecule has 0 aliphatic heterocycles. The topological polar surface area (TPSA) is 66.6 Å². The Labute approximate surface area is 92.3 Å². The zero-order valence-electron chi connectivity index (χ0n) is 8.88. The smallest absolute Gasteiger partial charge is 0.276 e. The molecule has 84 valence electrons. The standard InChI is InChI=1S/C11H12N2O3/c1-13(6-7-14)11(15)10-8-4-2-3-5-9(8)16-12-10/h2-5,14H,6-7H2,1H3. The summed E-state index contributed by atoms with van der Waals surface area (Å²) in [5.41, 5.74) is 0.870. The van der Waals surface area contributed by atoms with Crippen molar-refractivity contribution in [3.8, 4) is 0 Å². The zero-order valence-corrected chi connectivity index (χ0v) is 8.88. The number of aliphatic hydroxyl groups is 1. The maximum atomic E-state index is 11.9. The molecule has 0 bridgehead atoms. The van der Waals surface area contributed by atoms with Gasteiger partial charge in [-0.25, -0.2) is 0 Å². The van der Waals surface area contributed by atoms with E-state index in [1.807, 2.05) is 12.1 Å². The van der Waals surface area contributed by atoms with E-state index in [-0.39, 0.29) is 24.8 Å². The van der Waals surface area contributed by atoms with E-state index in [0.717, 1.165) is 0 Å². The number of likely N-dealkylation sites (N-methyl/N-ethyl adjacent to an activating group) is 1. The third-order valence-electron chi connectivity index (χ3n) is 2.36. The van der Waals surface area contributed by atoms with Gasteiger partial charge in [0.25, 0.3) is 5.91 Å². The normalized spacial score (nSPS) is 10.6. The summed E-state index contributed by atoms with van der Waals surface area (Å²) >= 11 is 0. The molecule has 1 aromatic heterocycles. The van der Waals surface area contributed by atoms with Crippen molar-refractivity contribution >= 4 is 16.9 Å². The van der Waals surface area contributed by atoms with E-state index in [1.54, 1.807) is 19.2 Å². The Morgan fingerprint density at radius 1 is 1.50 bits per heavy atom. The average molecular weight is 220 g/mol. The lowest BCUT2D eigenvalue weighted by atomic mass is 10.2. The highest BCUT2D eigenvalue weighted by Crippen LogP contribution is 2.18. The minimum Gasteiger partial charge on any atom is -0.395 e. The summed E-state index contributed by atoms with van der Waals surface area (Å²) in [5.74, 6) is -0.251. The molecule has 0 saturated carbocycles. The van der Waals surface area contributed by atoms with E-state index in [9.17, 15) is 4.79 Å². The maximum Gasteiger partial charge on any atom is 0.276 e. The van der Waals surface area contributed by atoms with Crippen molar-refractivity contribution in [2.45, 2.75) is 0 Å². The molecule has 1 aromatic carbocycles. The first-order valence-electron chi connectivity index (χ1n) is 4.95. The van der Waals surface area contributed by atoms with Gasteiger partial charge in [0.05, 0.1) is 12.0 Å². The van der Waals surface area contributed by atoms with Crippen LogP contribution in [0.4, 0.5) is 0 Å². The van der Waals surface area contributed by atoms with Gasteiger partial charge < -0.3 is 14.5 Å². The van der Waals surface area contributed by atoms with Crippen LogP contribution in [0, 0.1) is 0 Å². The van der Waals surface area contributed by atoms with Crippen LogP contribution in [-0.4, -0.2) is 41.3 Å². The third-order valence-corrected chi connectivity index (χ3v) is 2.36. The number of hydrogen-bond acceptors (Lipinski definition) is 4. The number of hydrogen-bond donors (Lipinski definition) is 1. The molecule has 0 aliphatic rings. The van der Waals surface area contributed by atoms with E-state index < -0.39 is 0 Å². The van der Waals surface area contributed by atoms with Gasteiger partial charge in [0.2, 0.25) is 0 Å². The molecular formula is C11H12N2O3. The molecule has 0 spiro atoms. The number of para-hydroxylation sites is 1. The van der Waals surface area contributed by atoms with Gasteiger partial charge in [-0.05, 0) is 12.1 Å². The second kappa shape index (κ2) is 4.32. The lowest BCUT2D eigenvalue weighted by Crippen LogP contribution is -2.29. The molecule has 5 nitrogen and oxygen atoms in total. The van der Waals surface area contributed by atoms with Crippen molar-refractivity contribution in [3.63, 3.8) is 0 Å². The number of aromatic nitrogens is 1. The van der Waals surface area contributed by atoms with Crippen LogP contribution < -0.4 is 0 Å². The predicted molar refractivity (Wildman–Crippen MR) is 58.1 cm³/mol. The van der Waals surface area contributed by atoms with Crippen molar-refractivity contribution in [3.05, 3.63) is 30.0 Å². The molecule has 1 N–H and O–H groups in total. The Hall–Kier alpha value is -1.88. The minimum absolute atomic E-state index is 0.0714. The van der Waals surface area contributed by atoms with Crippen molar-refractivity contribution in [1.29, 1.82) is 0 Å². The van der Waals surface area contributed by atoms with Gasteiger partial charge in [0, 0.05) is 13.6 Å². The summed E-state index contributed by atoms with van der Waals surface area (Å²) in [6.45, 7) is 0.206. The lowest BCUT2D eigenvalue weighted by Gasteiger charge is -2.13. The van der Waals surface area contributed by atoms with Crippen LogP contribution in [0.5, 0.6) is 0 Å². The van der Waals surface area contributed by atoms with Crippen molar-refractivity contribution < 1.29 is 14.4 Å². The fourth-order valence-corrected chi connectivity index (χ4v) is 1.47. The summed E-state index contributed by atoms with van der Waals surface area (Å²) < 4.78 is 5.04. The van der Waals surface area contributed by atoms with Crippen LogP contribution in [0.3, 0.4) is 0 Å². The molecule has 1 heterocycles. The zero-order chi connectivity index (χ0) is 11.5. The molecule has 0 unspecified atom stereocenters. The largest absolute Gasteiger partial charge is 0.395 e. The summed E-state index contributed by atoms with van der Waals surface area (Å²) in [6, 6.07) is 7.18. The molecular weight excluding hydrogens is 208 g/mol. The van der Waals surface area contributed by atoms with Crippen LogP contribution in [0.15, 0.2) is 28.8 Å². The second-order valence-corrected chi connectivity index (χ2v) is 3.48. The number of amides is 1. The highest BCUT2D eigenvalue weighted by Gasteiger charge is 2.18. The van der Waals surface area contributed by atoms with Crippen LogP contribution in [-0.2, 0) is 0 Å². The van der Waals surface area contributed by atoms with Gasteiger partial charge >= 0.3 is 0 Å². The van der Waals surface area contributed by atoms with Gasteiger partial charge in [-0.15, -0.1) is 0 Å². The molecule has 1 amide bonds. The second-order valence-electron chi connectivity index (χ2n) is 3.48. The van der Waals surface area contributed by atoms with Gasteiger partial charge in [0.15, 0.2) is 11.3 Å². The highest BCUT2D eigenvalue weighted by molar-refractivity contribution is 6.03. The SMILES string of the molecule is CN(CCO)C(=O)c1noc2ccccc12. The Morgan fingerprint density at radius 3 is 3.00 bits per heavy atom. The van der Waals surface area contributed by atoms with Crippen molar-refractivity contribution in [2.24, 2.45) is 0 Å². The monoisotopic (exact) mass is 220 g/mol. The number of aliphatic hydroxyl groups excluding tert-OH is 1. The third kappa shape index (κ3) is 1.77. The average Bonchev–Trinajstić information content (AvgIpc) is 2.72. The molecule has 0 atom stereocenters. The highest BCUT2D eigenvalue weighted by atomic mass is 16.5. The Bertz CT molecular complexity index is 507. The molecule has 0 radical (unpaired) electrons. The first-order valence-corrected chi connectivity index (χ1v) is 4.95. The summed E-state index contributed by atoms with van der Waals surface area (Å²) in [7, 11) is 1.61. The van der Waals surface area contributed by atoms with E-state index in [1.165, 1.54) is 4.90 Å². The maximum absolute atomic E-state index is 11.9. The molecule has 16 heavy (non-hydrogen) atoms. The minimum atomic E-state index is -0.251. The van der Waals surface area contributed by atoms with Gasteiger partial charge in [-0.3, -0.25) is 4.79 Å². The van der Waals surface area contributed by atoms with Crippen LogP contribution in [0.25, 0.3) is 11.0 Å². The number of benzene rings is 1.